The van der Waals surface area contributed by atoms with Crippen molar-refractivity contribution in [3.8, 4) is 0 Å². The molecule has 53 heavy (non-hydrogen) atoms. The van der Waals surface area contributed by atoms with E-state index in [2.05, 4.69) is 13.8 Å². The van der Waals surface area contributed by atoms with Gasteiger partial charge in [-0.3, -0.25) is 18.6 Å². The van der Waals surface area contributed by atoms with Crippen LogP contribution >= 0.6 is 7.82 Å². The van der Waals surface area contributed by atoms with Crippen molar-refractivity contribution in [3.63, 3.8) is 0 Å². The van der Waals surface area contributed by atoms with E-state index in [1.807, 2.05) is 0 Å². The highest BCUT2D eigenvalue weighted by Gasteiger charge is 2.26. The molecule has 316 valence electrons. The highest BCUT2D eigenvalue weighted by atomic mass is 31.2. The van der Waals surface area contributed by atoms with E-state index < -0.39 is 26.5 Å². The zero-order valence-electron chi connectivity index (χ0n) is 34.8. The summed E-state index contributed by atoms with van der Waals surface area (Å²) < 4.78 is 32.8. The second kappa shape index (κ2) is 40.7. The quantitative estimate of drug-likeness (QED) is 0.0352. The Morgan fingerprint density at radius 3 is 1.15 bits per heavy atom. The zero-order chi connectivity index (χ0) is 38.9. The topological polar surface area (TPSA) is 134 Å². The summed E-state index contributed by atoms with van der Waals surface area (Å²) in [6, 6.07) is 0. The lowest BCUT2D eigenvalue weighted by Gasteiger charge is -2.19. The SMILES string of the molecule is CCCCCCCCCCCCCCCCCCCCC(=O)OCC(COP(=O)(O)OCCN)OC(=O)CCCCCCCCCCCCCCCC. The molecule has 0 aromatic rings. The Bertz CT molecular complexity index is 845. The first-order valence-corrected chi connectivity index (χ1v) is 24.0. The van der Waals surface area contributed by atoms with Crippen molar-refractivity contribution >= 4 is 19.8 Å². The second-order valence-corrected chi connectivity index (χ2v) is 16.7. The van der Waals surface area contributed by atoms with Gasteiger partial charge in [0, 0.05) is 19.4 Å². The Balaban J connectivity index is 4.06. The van der Waals surface area contributed by atoms with E-state index in [0.29, 0.717) is 6.42 Å². The fourth-order valence-corrected chi connectivity index (χ4v) is 7.40. The summed E-state index contributed by atoms with van der Waals surface area (Å²) >= 11 is 0. The number of carbonyl (C=O) groups excluding carboxylic acids is 2. The smallest absolute Gasteiger partial charge is 0.462 e. The standard InChI is InChI=1S/C43H86NO8P/c1-3-5-7-9-11-13-15-17-19-20-21-22-24-25-27-29-31-33-35-42(45)49-39-41(40-51-53(47,48)50-38-37-44)52-43(46)36-34-32-30-28-26-23-18-16-14-12-10-8-6-4-2/h41H,3-40,44H2,1-2H3,(H,47,48). The largest absolute Gasteiger partial charge is 0.472 e. The van der Waals surface area contributed by atoms with Gasteiger partial charge in [0.2, 0.25) is 0 Å². The third-order valence-corrected chi connectivity index (χ3v) is 11.0. The summed E-state index contributed by atoms with van der Waals surface area (Å²) in [6.07, 6.45) is 39.9. The molecule has 0 heterocycles. The van der Waals surface area contributed by atoms with Crippen LogP contribution < -0.4 is 5.73 Å². The molecule has 0 saturated carbocycles. The maximum Gasteiger partial charge on any atom is 0.472 e. The number of hydrogen-bond donors (Lipinski definition) is 2. The van der Waals surface area contributed by atoms with Gasteiger partial charge in [0.25, 0.3) is 0 Å². The van der Waals surface area contributed by atoms with E-state index in [0.717, 1.165) is 32.1 Å². The minimum absolute atomic E-state index is 0.0581. The van der Waals surface area contributed by atoms with Crippen molar-refractivity contribution in [2.75, 3.05) is 26.4 Å². The van der Waals surface area contributed by atoms with Crippen molar-refractivity contribution in [1.29, 1.82) is 0 Å². The van der Waals surface area contributed by atoms with Gasteiger partial charge in [-0.2, -0.15) is 0 Å². The van der Waals surface area contributed by atoms with Gasteiger partial charge < -0.3 is 20.1 Å². The molecule has 0 saturated heterocycles. The molecular weight excluding hydrogens is 689 g/mol. The normalized spacial score (nSPS) is 13.2. The first kappa shape index (κ1) is 52.0. The average Bonchev–Trinajstić information content (AvgIpc) is 3.14. The molecule has 0 aromatic heterocycles. The molecule has 0 aliphatic carbocycles. The summed E-state index contributed by atoms with van der Waals surface area (Å²) in [5, 5.41) is 0. The summed E-state index contributed by atoms with van der Waals surface area (Å²) in [7, 11) is -4.37. The summed E-state index contributed by atoms with van der Waals surface area (Å²) in [6.45, 7) is 3.78. The lowest BCUT2D eigenvalue weighted by atomic mass is 10.0. The van der Waals surface area contributed by atoms with Gasteiger partial charge in [-0.1, -0.05) is 206 Å². The fraction of sp³-hybridized carbons (Fsp3) is 0.953. The molecule has 10 heteroatoms. The Kier molecular flexibility index (Phi) is 39.9. The Morgan fingerprint density at radius 1 is 0.491 bits per heavy atom. The van der Waals surface area contributed by atoms with Crippen molar-refractivity contribution < 1.29 is 37.6 Å². The first-order valence-electron chi connectivity index (χ1n) is 22.5. The van der Waals surface area contributed by atoms with Crippen LogP contribution in [0.25, 0.3) is 0 Å². The van der Waals surface area contributed by atoms with E-state index in [1.54, 1.807) is 0 Å². The molecule has 0 aliphatic rings. The number of phosphoric acid groups is 1. The van der Waals surface area contributed by atoms with Gasteiger partial charge >= 0.3 is 19.8 Å². The first-order chi connectivity index (χ1) is 25.8. The van der Waals surface area contributed by atoms with E-state index in [4.69, 9.17) is 24.3 Å². The molecule has 0 amide bonds. The molecule has 2 atom stereocenters. The van der Waals surface area contributed by atoms with Crippen LogP contribution in [0.15, 0.2) is 0 Å². The van der Waals surface area contributed by atoms with Crippen LogP contribution in [0.5, 0.6) is 0 Å². The van der Waals surface area contributed by atoms with Crippen molar-refractivity contribution in [2.24, 2.45) is 5.73 Å². The lowest BCUT2D eigenvalue weighted by Crippen LogP contribution is -2.29. The van der Waals surface area contributed by atoms with Crippen molar-refractivity contribution in [1.82, 2.24) is 0 Å². The number of nitrogens with two attached hydrogens (primary N) is 1. The maximum absolute atomic E-state index is 12.6. The van der Waals surface area contributed by atoms with E-state index in [1.165, 1.54) is 167 Å². The van der Waals surface area contributed by atoms with Gasteiger partial charge in [-0.25, -0.2) is 4.57 Å². The molecule has 0 fully saturated rings. The lowest BCUT2D eigenvalue weighted by molar-refractivity contribution is -0.161. The van der Waals surface area contributed by atoms with Crippen LogP contribution in [0.3, 0.4) is 0 Å². The van der Waals surface area contributed by atoms with E-state index >= 15 is 0 Å². The predicted octanol–water partition coefficient (Wildman–Crippen LogP) is 12.8. The third kappa shape index (κ3) is 40.5. The molecule has 9 nitrogen and oxygen atoms in total. The number of esters is 2. The second-order valence-electron chi connectivity index (χ2n) is 15.3. The maximum atomic E-state index is 12.6. The molecule has 0 spiro atoms. The van der Waals surface area contributed by atoms with E-state index in [9.17, 15) is 19.0 Å². The Morgan fingerprint density at radius 2 is 0.811 bits per heavy atom. The van der Waals surface area contributed by atoms with Gasteiger partial charge in [0.1, 0.15) is 6.61 Å². The zero-order valence-corrected chi connectivity index (χ0v) is 35.7. The number of ether oxygens (including phenoxy) is 2. The molecular formula is C43H86NO8P. The molecule has 0 aromatic carbocycles. The summed E-state index contributed by atoms with van der Waals surface area (Å²) in [4.78, 5) is 34.9. The highest BCUT2D eigenvalue weighted by molar-refractivity contribution is 7.47. The molecule has 0 bridgehead atoms. The predicted molar refractivity (Wildman–Crippen MR) is 220 cm³/mol. The Labute approximate surface area is 327 Å². The molecule has 0 rings (SSSR count). The van der Waals surface area contributed by atoms with Crippen LogP contribution in [-0.4, -0.2) is 49.3 Å². The third-order valence-electron chi connectivity index (χ3n) is 9.99. The van der Waals surface area contributed by atoms with Crippen LogP contribution in [0.4, 0.5) is 0 Å². The number of phosphoric ester groups is 1. The van der Waals surface area contributed by atoms with Crippen LogP contribution in [0.2, 0.25) is 0 Å². The summed E-state index contributed by atoms with van der Waals surface area (Å²) in [5.41, 5.74) is 5.35. The average molecular weight is 776 g/mol. The Hall–Kier alpha value is -0.990. The minimum Gasteiger partial charge on any atom is -0.462 e. The van der Waals surface area contributed by atoms with Gasteiger partial charge in [0.05, 0.1) is 13.2 Å². The number of hydrogen-bond acceptors (Lipinski definition) is 8. The van der Waals surface area contributed by atoms with Crippen molar-refractivity contribution in [2.45, 2.75) is 238 Å². The van der Waals surface area contributed by atoms with Crippen molar-refractivity contribution in [3.05, 3.63) is 0 Å². The molecule has 0 aliphatic heterocycles. The minimum atomic E-state index is -4.37. The molecule has 2 unspecified atom stereocenters. The highest BCUT2D eigenvalue weighted by Crippen LogP contribution is 2.43. The molecule has 0 radical (unpaired) electrons. The van der Waals surface area contributed by atoms with Crippen LogP contribution in [-0.2, 0) is 32.7 Å². The fourth-order valence-electron chi connectivity index (χ4n) is 6.64. The van der Waals surface area contributed by atoms with Gasteiger partial charge in [0.15, 0.2) is 6.10 Å². The van der Waals surface area contributed by atoms with Gasteiger partial charge in [-0.05, 0) is 12.8 Å². The van der Waals surface area contributed by atoms with Gasteiger partial charge in [-0.15, -0.1) is 0 Å². The molecule has 3 N–H and O–H groups in total. The number of rotatable bonds is 43. The number of unbranched alkanes of at least 4 members (excludes halogenated alkanes) is 30. The monoisotopic (exact) mass is 776 g/mol. The van der Waals surface area contributed by atoms with E-state index in [-0.39, 0.29) is 38.6 Å². The van der Waals surface area contributed by atoms with Crippen LogP contribution in [0.1, 0.15) is 232 Å². The summed E-state index contributed by atoms with van der Waals surface area (Å²) in [5.74, 6) is -0.811. The number of carbonyl (C=O) groups is 2. The van der Waals surface area contributed by atoms with Crippen LogP contribution in [0, 0.1) is 0 Å².